The number of amides is 3. The molecule has 2 aromatic carbocycles. The number of ether oxygens (including phenoxy) is 1. The SMILES string of the molecule is COc1cccc(-c2nn(Cc3ccccc3)cc2C(=O)NCCN2C(=O)CSC2=O)c1. The Labute approximate surface area is 189 Å². The molecular formula is C23H22N4O4S. The van der Waals surface area contributed by atoms with Gasteiger partial charge in [0.15, 0.2) is 0 Å². The number of carbonyl (C=O) groups excluding carboxylic acids is 3. The van der Waals surface area contributed by atoms with Crippen molar-refractivity contribution in [3.63, 3.8) is 0 Å². The minimum atomic E-state index is -0.325. The Morgan fingerprint density at radius 1 is 1.16 bits per heavy atom. The molecule has 32 heavy (non-hydrogen) atoms. The summed E-state index contributed by atoms with van der Waals surface area (Å²) in [5.74, 6) is 0.254. The second-order valence-electron chi connectivity index (χ2n) is 7.16. The zero-order valence-electron chi connectivity index (χ0n) is 17.5. The van der Waals surface area contributed by atoms with Gasteiger partial charge in [-0.2, -0.15) is 5.10 Å². The molecule has 1 N–H and O–H groups in total. The van der Waals surface area contributed by atoms with E-state index in [1.54, 1.807) is 18.0 Å². The number of hydrogen-bond acceptors (Lipinski definition) is 6. The van der Waals surface area contributed by atoms with Gasteiger partial charge in [0.1, 0.15) is 11.4 Å². The molecule has 8 nitrogen and oxygen atoms in total. The van der Waals surface area contributed by atoms with Crippen molar-refractivity contribution < 1.29 is 19.1 Å². The molecule has 1 aliphatic rings. The first-order valence-electron chi connectivity index (χ1n) is 10.1. The molecule has 0 saturated carbocycles. The first-order chi connectivity index (χ1) is 15.5. The molecule has 1 aromatic heterocycles. The molecule has 3 aromatic rings. The average molecular weight is 451 g/mol. The zero-order valence-corrected chi connectivity index (χ0v) is 18.3. The third kappa shape index (κ3) is 4.83. The van der Waals surface area contributed by atoms with E-state index in [2.05, 4.69) is 10.4 Å². The number of thioether (sulfide) groups is 1. The molecule has 0 bridgehead atoms. The molecule has 9 heteroatoms. The van der Waals surface area contributed by atoms with Gasteiger partial charge in [-0.05, 0) is 17.7 Å². The fourth-order valence-corrected chi connectivity index (χ4v) is 4.15. The lowest BCUT2D eigenvalue weighted by Gasteiger charge is -2.13. The standard InChI is InChI=1S/C23H22N4O4S/c1-31-18-9-5-8-17(12-18)21-19(14-26(25-21)13-16-6-3-2-4-7-16)22(29)24-10-11-27-20(28)15-32-23(27)30/h2-9,12,14H,10-11,13,15H2,1H3,(H,24,29). The van der Waals surface area contributed by atoms with Crippen LogP contribution < -0.4 is 10.1 Å². The summed E-state index contributed by atoms with van der Waals surface area (Å²) in [6, 6.07) is 17.2. The Morgan fingerprint density at radius 3 is 2.69 bits per heavy atom. The summed E-state index contributed by atoms with van der Waals surface area (Å²) in [7, 11) is 1.58. The van der Waals surface area contributed by atoms with E-state index in [0.717, 1.165) is 27.8 Å². The maximum Gasteiger partial charge on any atom is 0.288 e. The van der Waals surface area contributed by atoms with Crippen molar-refractivity contribution in [2.24, 2.45) is 0 Å². The predicted octanol–water partition coefficient (Wildman–Crippen LogP) is 3.03. The smallest absolute Gasteiger partial charge is 0.288 e. The second-order valence-corrected chi connectivity index (χ2v) is 8.09. The molecule has 0 spiro atoms. The van der Waals surface area contributed by atoms with E-state index in [1.165, 1.54) is 0 Å². The number of nitrogens with one attached hydrogen (secondary N) is 1. The summed E-state index contributed by atoms with van der Waals surface area (Å²) in [5, 5.41) is 7.18. The predicted molar refractivity (Wildman–Crippen MR) is 122 cm³/mol. The Morgan fingerprint density at radius 2 is 1.97 bits per heavy atom. The topological polar surface area (TPSA) is 93.5 Å². The lowest BCUT2D eigenvalue weighted by Crippen LogP contribution is -2.37. The fourth-order valence-electron chi connectivity index (χ4n) is 3.40. The van der Waals surface area contributed by atoms with Gasteiger partial charge in [-0.1, -0.05) is 54.2 Å². The van der Waals surface area contributed by atoms with Crippen LogP contribution in [0.2, 0.25) is 0 Å². The first-order valence-corrected chi connectivity index (χ1v) is 11.0. The summed E-state index contributed by atoms with van der Waals surface area (Å²) in [5.41, 5.74) is 2.74. The number of rotatable bonds is 8. The number of carbonyl (C=O) groups is 3. The van der Waals surface area contributed by atoms with Gasteiger partial charge in [0.2, 0.25) is 5.91 Å². The van der Waals surface area contributed by atoms with Crippen LogP contribution in [-0.2, 0) is 11.3 Å². The highest BCUT2D eigenvalue weighted by Crippen LogP contribution is 2.26. The Hall–Kier alpha value is -3.59. The number of benzene rings is 2. The normalized spacial score (nSPS) is 13.5. The molecule has 3 amide bonds. The van der Waals surface area contributed by atoms with Gasteiger partial charge in [-0.25, -0.2) is 0 Å². The summed E-state index contributed by atoms with van der Waals surface area (Å²) < 4.78 is 7.04. The van der Waals surface area contributed by atoms with E-state index in [1.807, 2.05) is 54.6 Å². The lowest BCUT2D eigenvalue weighted by atomic mass is 10.1. The molecule has 2 heterocycles. The first kappa shape index (κ1) is 21.6. The van der Waals surface area contributed by atoms with E-state index in [9.17, 15) is 14.4 Å². The van der Waals surface area contributed by atoms with E-state index < -0.39 is 0 Å². The quantitative estimate of drug-likeness (QED) is 0.567. The van der Waals surface area contributed by atoms with Crippen LogP contribution in [0.1, 0.15) is 15.9 Å². The lowest BCUT2D eigenvalue weighted by molar-refractivity contribution is -0.124. The maximum absolute atomic E-state index is 13.0. The average Bonchev–Trinajstić information content (AvgIpc) is 3.38. The molecule has 4 rings (SSSR count). The summed E-state index contributed by atoms with van der Waals surface area (Å²) in [6.45, 7) is 0.820. The molecule has 0 aliphatic carbocycles. The van der Waals surface area contributed by atoms with Crippen molar-refractivity contribution in [3.05, 3.63) is 71.9 Å². The van der Waals surface area contributed by atoms with Gasteiger partial charge in [-0.3, -0.25) is 24.0 Å². The highest BCUT2D eigenvalue weighted by molar-refractivity contribution is 8.14. The highest BCUT2D eigenvalue weighted by Gasteiger charge is 2.29. The van der Waals surface area contributed by atoms with Crippen LogP contribution in [0.5, 0.6) is 5.75 Å². The minimum absolute atomic E-state index is 0.142. The van der Waals surface area contributed by atoms with Gasteiger partial charge in [-0.15, -0.1) is 0 Å². The Balaban J connectivity index is 1.56. The van der Waals surface area contributed by atoms with Crippen LogP contribution in [0.25, 0.3) is 11.3 Å². The van der Waals surface area contributed by atoms with Crippen molar-refractivity contribution in [1.29, 1.82) is 0 Å². The zero-order chi connectivity index (χ0) is 22.5. The molecule has 1 fully saturated rings. The summed E-state index contributed by atoms with van der Waals surface area (Å²) in [4.78, 5) is 37.7. The van der Waals surface area contributed by atoms with Crippen molar-refractivity contribution in [1.82, 2.24) is 20.0 Å². The molecule has 164 valence electrons. The van der Waals surface area contributed by atoms with Crippen LogP contribution in [0, 0.1) is 0 Å². The second kappa shape index (κ2) is 9.69. The van der Waals surface area contributed by atoms with E-state index in [0.29, 0.717) is 23.6 Å². The van der Waals surface area contributed by atoms with Gasteiger partial charge < -0.3 is 10.1 Å². The number of aromatic nitrogens is 2. The largest absolute Gasteiger partial charge is 0.497 e. The summed E-state index contributed by atoms with van der Waals surface area (Å²) >= 11 is 0.976. The van der Waals surface area contributed by atoms with Gasteiger partial charge >= 0.3 is 0 Å². The molecule has 0 radical (unpaired) electrons. The molecule has 0 unspecified atom stereocenters. The van der Waals surface area contributed by atoms with Crippen LogP contribution in [0.15, 0.2) is 60.8 Å². The van der Waals surface area contributed by atoms with E-state index in [4.69, 9.17) is 4.74 Å². The van der Waals surface area contributed by atoms with Crippen molar-refractivity contribution in [3.8, 4) is 17.0 Å². The molecule has 0 atom stereocenters. The van der Waals surface area contributed by atoms with Crippen LogP contribution in [-0.4, -0.2) is 57.7 Å². The van der Waals surface area contributed by atoms with Crippen LogP contribution in [0.4, 0.5) is 4.79 Å². The van der Waals surface area contributed by atoms with Crippen LogP contribution in [0.3, 0.4) is 0 Å². The van der Waals surface area contributed by atoms with Crippen molar-refractivity contribution >= 4 is 28.8 Å². The van der Waals surface area contributed by atoms with Gasteiger partial charge in [0.25, 0.3) is 11.1 Å². The summed E-state index contributed by atoms with van der Waals surface area (Å²) in [6.07, 6.45) is 1.71. The van der Waals surface area contributed by atoms with E-state index >= 15 is 0 Å². The molecular weight excluding hydrogens is 428 g/mol. The fraction of sp³-hybridized carbons (Fsp3) is 0.217. The monoisotopic (exact) mass is 450 g/mol. The van der Waals surface area contributed by atoms with Crippen molar-refractivity contribution in [2.45, 2.75) is 6.54 Å². The number of methoxy groups -OCH3 is 1. The van der Waals surface area contributed by atoms with Crippen LogP contribution >= 0.6 is 11.8 Å². The third-order valence-corrected chi connectivity index (χ3v) is 5.86. The maximum atomic E-state index is 13.0. The van der Waals surface area contributed by atoms with E-state index in [-0.39, 0.29) is 35.9 Å². The van der Waals surface area contributed by atoms with Gasteiger partial charge in [0, 0.05) is 24.8 Å². The number of nitrogens with zero attached hydrogens (tertiary/aromatic N) is 3. The van der Waals surface area contributed by atoms with Gasteiger partial charge in [0.05, 0.1) is 25.0 Å². The Bertz CT molecular complexity index is 1130. The molecule has 1 aliphatic heterocycles. The Kier molecular flexibility index (Phi) is 6.55. The minimum Gasteiger partial charge on any atom is -0.497 e. The highest BCUT2D eigenvalue weighted by atomic mass is 32.2. The molecule has 1 saturated heterocycles. The number of imide groups is 1. The third-order valence-electron chi connectivity index (χ3n) is 5.00. The van der Waals surface area contributed by atoms with Crippen molar-refractivity contribution in [2.75, 3.05) is 26.0 Å². The number of hydrogen-bond donors (Lipinski definition) is 1.